The molecule has 0 aliphatic heterocycles. The fourth-order valence-electron chi connectivity index (χ4n) is 0.978. The van der Waals surface area contributed by atoms with Gasteiger partial charge in [-0.05, 0) is 17.6 Å². The molecular weight excluding hydrogens is 134 g/mol. The Morgan fingerprint density at radius 1 is 1.27 bits per heavy atom. The zero-order chi connectivity index (χ0) is 8.48. The van der Waals surface area contributed by atoms with Crippen LogP contribution in [0.4, 0.5) is 0 Å². The molecule has 0 aromatic carbocycles. The molecule has 0 bridgehead atoms. The predicted molar refractivity (Wildman–Crippen MR) is 48.2 cm³/mol. The Morgan fingerprint density at radius 3 is 2.18 bits per heavy atom. The van der Waals surface area contributed by atoms with Gasteiger partial charge in [0.25, 0.3) is 0 Å². The van der Waals surface area contributed by atoms with E-state index in [2.05, 4.69) is 44.0 Å². The Bertz CT molecular complexity index is 245. The van der Waals surface area contributed by atoms with Crippen LogP contribution >= 0.6 is 0 Å². The average molecular weight is 149 g/mol. The molecule has 0 radical (unpaired) electrons. The summed E-state index contributed by atoms with van der Waals surface area (Å²) >= 11 is 0. The highest BCUT2D eigenvalue weighted by Crippen LogP contribution is 2.27. The molecule has 0 atom stereocenters. The van der Waals surface area contributed by atoms with E-state index >= 15 is 0 Å². The summed E-state index contributed by atoms with van der Waals surface area (Å²) in [6.07, 6.45) is 4.17. The summed E-state index contributed by atoms with van der Waals surface area (Å²) in [5.74, 6) is 0. The van der Waals surface area contributed by atoms with Gasteiger partial charge in [0.05, 0.1) is 5.70 Å². The topological polar surface area (TPSA) is 12.0 Å². The van der Waals surface area contributed by atoms with Gasteiger partial charge in [-0.1, -0.05) is 26.5 Å². The highest BCUT2D eigenvalue weighted by Gasteiger charge is 2.16. The van der Waals surface area contributed by atoms with E-state index in [9.17, 15) is 0 Å². The van der Waals surface area contributed by atoms with Crippen LogP contribution in [0.15, 0.2) is 29.2 Å². The van der Waals surface area contributed by atoms with Gasteiger partial charge in [0.2, 0.25) is 0 Å². The maximum Gasteiger partial charge on any atom is 0.0774 e. The third-order valence-corrected chi connectivity index (χ3v) is 1.76. The summed E-state index contributed by atoms with van der Waals surface area (Å²) in [6, 6.07) is 0. The van der Waals surface area contributed by atoms with Crippen LogP contribution in [0.3, 0.4) is 0 Å². The lowest BCUT2D eigenvalue weighted by Crippen LogP contribution is -2.05. The normalized spacial score (nSPS) is 16.4. The monoisotopic (exact) mass is 149 g/mol. The van der Waals surface area contributed by atoms with Crippen LogP contribution in [0.2, 0.25) is 0 Å². The van der Waals surface area contributed by atoms with Crippen molar-refractivity contribution in [3.63, 3.8) is 0 Å². The Morgan fingerprint density at radius 2 is 1.91 bits per heavy atom. The second-order valence-electron chi connectivity index (χ2n) is 3.79. The molecule has 1 aliphatic carbocycles. The van der Waals surface area contributed by atoms with Gasteiger partial charge in [-0.15, -0.1) is 0 Å². The second-order valence-corrected chi connectivity index (χ2v) is 3.79. The van der Waals surface area contributed by atoms with Crippen molar-refractivity contribution >= 4 is 0 Å². The van der Waals surface area contributed by atoms with Crippen LogP contribution in [-0.4, -0.2) is 7.05 Å². The standard InChI is InChI=1S/C10H15N/c1-10(2,3)8-5-6-9(7-8)11-4/h5-6,11H,1-4H3. The molecule has 11 heavy (non-hydrogen) atoms. The molecule has 1 nitrogen and oxygen atoms in total. The minimum absolute atomic E-state index is 0.217. The van der Waals surface area contributed by atoms with Crippen molar-refractivity contribution in [1.82, 2.24) is 5.32 Å². The highest BCUT2D eigenvalue weighted by atomic mass is 14.8. The van der Waals surface area contributed by atoms with E-state index in [1.165, 1.54) is 5.57 Å². The fraction of sp³-hybridized carbons (Fsp3) is 0.500. The smallest absolute Gasteiger partial charge is 0.0774 e. The van der Waals surface area contributed by atoms with Gasteiger partial charge in [-0.2, -0.15) is 0 Å². The highest BCUT2D eigenvalue weighted by molar-refractivity contribution is 5.38. The molecule has 0 saturated carbocycles. The van der Waals surface area contributed by atoms with Gasteiger partial charge < -0.3 is 5.32 Å². The number of likely N-dealkylation sites (N-methyl/N-ethyl adjacent to an activating group) is 1. The lowest BCUT2D eigenvalue weighted by atomic mass is 9.88. The van der Waals surface area contributed by atoms with E-state index in [1.54, 1.807) is 0 Å². The summed E-state index contributed by atoms with van der Waals surface area (Å²) < 4.78 is 0. The number of hydrogen-bond acceptors (Lipinski definition) is 1. The maximum atomic E-state index is 3.29. The molecule has 0 aromatic heterocycles. The Kier molecular flexibility index (Phi) is 1.92. The molecule has 0 unspecified atom stereocenters. The van der Waals surface area contributed by atoms with Gasteiger partial charge in [-0.3, -0.25) is 0 Å². The molecule has 0 saturated heterocycles. The zero-order valence-corrected chi connectivity index (χ0v) is 7.65. The molecule has 0 fully saturated rings. The number of hydrogen-bond donors (Lipinski definition) is 1. The van der Waals surface area contributed by atoms with Gasteiger partial charge in [-0.25, -0.2) is 0 Å². The van der Waals surface area contributed by atoms with Crippen molar-refractivity contribution in [1.29, 1.82) is 0 Å². The zero-order valence-electron chi connectivity index (χ0n) is 7.65. The van der Waals surface area contributed by atoms with Crippen molar-refractivity contribution in [2.45, 2.75) is 20.8 Å². The first-order valence-corrected chi connectivity index (χ1v) is 3.91. The first-order chi connectivity index (χ1) is 5.04. The molecule has 60 valence electrons. The van der Waals surface area contributed by atoms with Gasteiger partial charge in [0.15, 0.2) is 0 Å². The number of allylic oxidation sites excluding steroid dienone is 2. The van der Waals surface area contributed by atoms with Crippen molar-refractivity contribution in [2.24, 2.45) is 5.41 Å². The van der Waals surface area contributed by atoms with E-state index in [0.717, 1.165) is 5.70 Å². The van der Waals surface area contributed by atoms with Crippen LogP contribution in [0.1, 0.15) is 20.8 Å². The fourth-order valence-corrected chi connectivity index (χ4v) is 0.978. The third-order valence-electron chi connectivity index (χ3n) is 1.76. The summed E-state index contributed by atoms with van der Waals surface area (Å²) in [7, 11) is 1.91. The molecule has 1 heteroatoms. The van der Waals surface area contributed by atoms with Crippen molar-refractivity contribution in [3.05, 3.63) is 29.2 Å². The van der Waals surface area contributed by atoms with Crippen molar-refractivity contribution < 1.29 is 0 Å². The molecular formula is C10H15N. The molecule has 0 amide bonds. The quantitative estimate of drug-likeness (QED) is 0.564. The Balaban J connectivity index is 2.95. The van der Waals surface area contributed by atoms with E-state index in [0.29, 0.717) is 0 Å². The molecule has 1 aliphatic rings. The van der Waals surface area contributed by atoms with E-state index in [4.69, 9.17) is 0 Å². The summed E-state index contributed by atoms with van der Waals surface area (Å²) in [5, 5.41) is 3.06. The van der Waals surface area contributed by atoms with Crippen LogP contribution in [0.5, 0.6) is 0 Å². The SMILES string of the molecule is CNC1=C=C(C(C)(C)C)C=C1. The number of nitrogens with one attached hydrogen (secondary N) is 1. The summed E-state index contributed by atoms with van der Waals surface area (Å²) in [4.78, 5) is 0. The first kappa shape index (κ1) is 8.16. The largest absolute Gasteiger partial charge is 0.382 e. The molecule has 0 aromatic rings. The van der Waals surface area contributed by atoms with Crippen LogP contribution in [0.25, 0.3) is 0 Å². The maximum absolute atomic E-state index is 3.29. The van der Waals surface area contributed by atoms with E-state index < -0.39 is 0 Å². The second kappa shape index (κ2) is 2.60. The van der Waals surface area contributed by atoms with Crippen LogP contribution in [-0.2, 0) is 0 Å². The molecule has 0 heterocycles. The van der Waals surface area contributed by atoms with Gasteiger partial charge in [0.1, 0.15) is 0 Å². The molecule has 0 spiro atoms. The minimum Gasteiger partial charge on any atom is -0.382 e. The van der Waals surface area contributed by atoms with E-state index in [-0.39, 0.29) is 5.41 Å². The van der Waals surface area contributed by atoms with Crippen molar-refractivity contribution in [3.8, 4) is 0 Å². The van der Waals surface area contributed by atoms with Gasteiger partial charge >= 0.3 is 0 Å². The summed E-state index contributed by atoms with van der Waals surface area (Å²) in [6.45, 7) is 6.58. The summed E-state index contributed by atoms with van der Waals surface area (Å²) in [5.41, 5.74) is 5.85. The molecule has 1 rings (SSSR count). The van der Waals surface area contributed by atoms with Crippen LogP contribution < -0.4 is 5.32 Å². The molecule has 1 N–H and O–H groups in total. The Hall–Kier alpha value is -0.940. The predicted octanol–water partition coefficient (Wildman–Crippen LogP) is 2.23. The Labute approximate surface area is 68.5 Å². The number of rotatable bonds is 1. The lowest BCUT2D eigenvalue weighted by Gasteiger charge is -2.16. The average Bonchev–Trinajstić information content (AvgIpc) is 2.32. The van der Waals surface area contributed by atoms with Gasteiger partial charge in [0, 0.05) is 12.6 Å². The minimum atomic E-state index is 0.217. The lowest BCUT2D eigenvalue weighted by molar-refractivity contribution is 0.519. The van der Waals surface area contributed by atoms with E-state index in [1.807, 2.05) is 7.05 Å². The third kappa shape index (κ3) is 1.75. The van der Waals surface area contributed by atoms with Crippen LogP contribution in [0, 0.1) is 5.41 Å². The first-order valence-electron chi connectivity index (χ1n) is 3.91. The van der Waals surface area contributed by atoms with Crippen molar-refractivity contribution in [2.75, 3.05) is 7.05 Å².